The van der Waals surface area contributed by atoms with E-state index in [9.17, 15) is 23.2 Å². The highest BCUT2D eigenvalue weighted by atomic mass is 19.1. The van der Waals surface area contributed by atoms with Crippen LogP contribution in [0.25, 0.3) is 0 Å². The van der Waals surface area contributed by atoms with E-state index in [2.05, 4.69) is 10.6 Å². The highest BCUT2D eigenvalue weighted by Crippen LogP contribution is 2.31. The number of halogens is 2. The lowest BCUT2D eigenvalue weighted by Crippen LogP contribution is -2.52. The highest BCUT2D eigenvalue weighted by Gasteiger charge is 2.50. The summed E-state index contributed by atoms with van der Waals surface area (Å²) in [6.07, 6.45) is 0. The molecule has 0 saturated carbocycles. The molecule has 2 aromatic carbocycles. The van der Waals surface area contributed by atoms with Crippen molar-refractivity contribution in [1.82, 2.24) is 15.5 Å². The van der Waals surface area contributed by atoms with Crippen LogP contribution in [-0.2, 0) is 16.9 Å². The maximum absolute atomic E-state index is 13.4. The summed E-state index contributed by atoms with van der Waals surface area (Å²) in [5.41, 5.74) is -0.335. The Labute approximate surface area is 146 Å². The van der Waals surface area contributed by atoms with Gasteiger partial charge in [0.25, 0.3) is 11.8 Å². The lowest BCUT2D eigenvalue weighted by Gasteiger charge is -2.31. The van der Waals surface area contributed by atoms with E-state index >= 15 is 0 Å². The van der Waals surface area contributed by atoms with Crippen LogP contribution >= 0.6 is 0 Å². The van der Waals surface area contributed by atoms with Crippen molar-refractivity contribution < 1.29 is 23.2 Å². The third-order valence-corrected chi connectivity index (χ3v) is 4.66. The minimum atomic E-state index is -1.54. The maximum Gasteiger partial charge on any atom is 0.322 e. The summed E-state index contributed by atoms with van der Waals surface area (Å²) in [7, 11) is 0. The number of nitrogens with one attached hydrogen (secondary N) is 2. The Morgan fingerprint density at radius 2 is 1.69 bits per heavy atom. The summed E-state index contributed by atoms with van der Waals surface area (Å²) in [4.78, 5) is 38.3. The normalized spacial score (nSPS) is 21.6. The zero-order valence-electron chi connectivity index (χ0n) is 13.4. The number of hydrogen-bond acceptors (Lipinski definition) is 3. The first-order valence-corrected chi connectivity index (χ1v) is 7.86. The largest absolute Gasteiger partial charge is 0.331 e. The van der Waals surface area contributed by atoms with Gasteiger partial charge in [0.15, 0.2) is 5.54 Å². The molecule has 0 radical (unpaired) electrons. The average molecular weight is 357 g/mol. The molecule has 0 bridgehead atoms. The smallest absolute Gasteiger partial charge is 0.322 e. The molecule has 2 heterocycles. The fourth-order valence-electron chi connectivity index (χ4n) is 3.38. The summed E-state index contributed by atoms with van der Waals surface area (Å²) < 4.78 is 26.7. The molecule has 1 saturated heterocycles. The summed E-state index contributed by atoms with van der Waals surface area (Å²) in [6, 6.07) is 8.33. The molecule has 1 atom stereocenters. The number of urea groups is 1. The Kier molecular flexibility index (Phi) is 3.50. The van der Waals surface area contributed by atoms with Crippen molar-refractivity contribution in [2.45, 2.75) is 12.1 Å². The Balaban J connectivity index is 1.71. The lowest BCUT2D eigenvalue weighted by atomic mass is 9.89. The first-order chi connectivity index (χ1) is 12.4. The molecule has 2 aromatic rings. The Bertz CT molecular complexity index is 945. The minimum Gasteiger partial charge on any atom is -0.331 e. The summed E-state index contributed by atoms with van der Waals surface area (Å²) in [5, 5.41) is 4.71. The van der Waals surface area contributed by atoms with Crippen LogP contribution in [0.5, 0.6) is 0 Å². The molecule has 4 rings (SSSR count). The number of carbonyl (C=O) groups is 3. The molecule has 0 spiro atoms. The minimum absolute atomic E-state index is 0.161. The first-order valence-electron chi connectivity index (χ1n) is 7.86. The molecule has 6 nitrogen and oxygen atoms in total. The number of amides is 4. The van der Waals surface area contributed by atoms with Crippen LogP contribution in [0.3, 0.4) is 0 Å². The van der Waals surface area contributed by atoms with Crippen molar-refractivity contribution in [1.29, 1.82) is 0 Å². The van der Waals surface area contributed by atoms with Crippen molar-refractivity contribution in [3.63, 3.8) is 0 Å². The average Bonchev–Trinajstić information content (AvgIpc) is 3.06. The van der Waals surface area contributed by atoms with Crippen LogP contribution in [0.2, 0.25) is 0 Å². The number of carbonyl (C=O) groups excluding carboxylic acids is 3. The van der Waals surface area contributed by atoms with Gasteiger partial charge in [-0.15, -0.1) is 0 Å². The second kappa shape index (κ2) is 5.62. The second-order valence-electron chi connectivity index (χ2n) is 6.28. The topological polar surface area (TPSA) is 78.5 Å². The number of fused-ring (bicyclic) bond motifs is 1. The van der Waals surface area contributed by atoms with Crippen molar-refractivity contribution >= 4 is 17.8 Å². The third kappa shape index (κ3) is 2.42. The van der Waals surface area contributed by atoms with E-state index in [0.717, 1.165) is 6.07 Å². The van der Waals surface area contributed by atoms with E-state index < -0.39 is 35.0 Å². The summed E-state index contributed by atoms with van der Waals surface area (Å²) in [6.45, 7) is 0.0197. The Morgan fingerprint density at radius 1 is 1.00 bits per heavy atom. The van der Waals surface area contributed by atoms with E-state index in [1.807, 2.05) is 0 Å². The molecule has 2 aliphatic rings. The van der Waals surface area contributed by atoms with Gasteiger partial charge in [-0.3, -0.25) is 14.9 Å². The fourth-order valence-corrected chi connectivity index (χ4v) is 3.38. The molecule has 2 aliphatic heterocycles. The molecule has 0 aliphatic carbocycles. The van der Waals surface area contributed by atoms with Gasteiger partial charge < -0.3 is 10.2 Å². The van der Waals surface area contributed by atoms with E-state index in [4.69, 9.17) is 0 Å². The van der Waals surface area contributed by atoms with Crippen molar-refractivity contribution in [2.24, 2.45) is 0 Å². The van der Waals surface area contributed by atoms with Crippen LogP contribution in [-0.4, -0.2) is 29.3 Å². The number of nitrogens with zero attached hydrogens (tertiary/aromatic N) is 1. The van der Waals surface area contributed by atoms with Crippen LogP contribution in [0.1, 0.15) is 21.5 Å². The lowest BCUT2D eigenvalue weighted by molar-refractivity contribution is -0.124. The molecule has 132 valence electrons. The predicted molar refractivity (Wildman–Crippen MR) is 85.9 cm³/mol. The number of hydrogen-bond donors (Lipinski definition) is 2. The molecule has 0 aromatic heterocycles. The number of imide groups is 1. The number of rotatable bonds is 3. The standard InChI is InChI=1S/C18H13F2N3O3/c19-12-5-2-11(3-6-12)18(16(25)21-17(26)22-18)9-23-8-10-1-4-13(20)7-14(10)15(23)24/h1-7H,8-9H2,(H2,21,22,25,26). The van der Waals surface area contributed by atoms with Crippen LogP contribution in [0, 0.1) is 11.6 Å². The van der Waals surface area contributed by atoms with Crippen molar-refractivity contribution in [3.05, 3.63) is 70.8 Å². The molecule has 26 heavy (non-hydrogen) atoms. The van der Waals surface area contributed by atoms with Gasteiger partial charge in [-0.2, -0.15) is 0 Å². The maximum atomic E-state index is 13.4. The van der Waals surface area contributed by atoms with Gasteiger partial charge in [-0.05, 0) is 35.4 Å². The van der Waals surface area contributed by atoms with Gasteiger partial charge in [0, 0.05) is 12.1 Å². The predicted octanol–water partition coefficient (Wildman–Crippen LogP) is 1.66. The van der Waals surface area contributed by atoms with Gasteiger partial charge in [-0.1, -0.05) is 18.2 Å². The second-order valence-corrected chi connectivity index (χ2v) is 6.28. The highest BCUT2D eigenvalue weighted by molar-refractivity contribution is 6.08. The van der Waals surface area contributed by atoms with Crippen LogP contribution < -0.4 is 10.6 Å². The molecular weight excluding hydrogens is 344 g/mol. The zero-order chi connectivity index (χ0) is 18.5. The Morgan fingerprint density at radius 3 is 2.35 bits per heavy atom. The molecule has 8 heteroatoms. The third-order valence-electron chi connectivity index (χ3n) is 4.66. The quantitative estimate of drug-likeness (QED) is 0.820. The van der Waals surface area contributed by atoms with Crippen LogP contribution in [0.4, 0.5) is 13.6 Å². The monoisotopic (exact) mass is 357 g/mol. The van der Waals surface area contributed by atoms with Crippen molar-refractivity contribution in [3.8, 4) is 0 Å². The Hall–Kier alpha value is -3.29. The van der Waals surface area contributed by atoms with E-state index in [-0.39, 0.29) is 18.7 Å². The molecule has 1 fully saturated rings. The van der Waals surface area contributed by atoms with Gasteiger partial charge >= 0.3 is 6.03 Å². The molecule has 2 N–H and O–H groups in total. The summed E-state index contributed by atoms with van der Waals surface area (Å²) >= 11 is 0. The molecule has 4 amide bonds. The fraction of sp³-hybridized carbons (Fsp3) is 0.167. The van der Waals surface area contributed by atoms with Gasteiger partial charge in [-0.25, -0.2) is 13.6 Å². The van der Waals surface area contributed by atoms with E-state index in [1.165, 1.54) is 41.3 Å². The van der Waals surface area contributed by atoms with Crippen LogP contribution in [0.15, 0.2) is 42.5 Å². The van der Waals surface area contributed by atoms with Gasteiger partial charge in [0.1, 0.15) is 11.6 Å². The number of benzene rings is 2. The van der Waals surface area contributed by atoms with E-state index in [0.29, 0.717) is 11.1 Å². The SMILES string of the molecule is O=C1NC(=O)C(CN2Cc3ccc(F)cc3C2=O)(c2ccc(F)cc2)N1. The van der Waals surface area contributed by atoms with E-state index in [1.54, 1.807) is 0 Å². The van der Waals surface area contributed by atoms with Gasteiger partial charge in [0.05, 0.1) is 6.54 Å². The van der Waals surface area contributed by atoms with Crippen molar-refractivity contribution in [2.75, 3.05) is 6.54 Å². The summed E-state index contributed by atoms with van der Waals surface area (Å²) in [5.74, 6) is -2.09. The molecular formula is C18H13F2N3O3. The van der Waals surface area contributed by atoms with Gasteiger partial charge in [0.2, 0.25) is 0 Å². The zero-order valence-corrected chi connectivity index (χ0v) is 13.4. The molecule has 1 unspecified atom stereocenters. The first kappa shape index (κ1) is 16.2.